The van der Waals surface area contributed by atoms with Gasteiger partial charge in [0.15, 0.2) is 0 Å². The second-order valence-corrected chi connectivity index (χ2v) is 8.11. The van der Waals surface area contributed by atoms with Crippen molar-refractivity contribution in [2.45, 2.75) is 24.7 Å². The lowest BCUT2D eigenvalue weighted by atomic mass is 10.2. The summed E-state index contributed by atoms with van der Waals surface area (Å²) in [6.07, 6.45) is -0.0125. The Morgan fingerprint density at radius 2 is 1.76 bits per heavy atom. The Morgan fingerprint density at radius 3 is 2.36 bits per heavy atom. The number of halogens is 2. The highest BCUT2D eigenvalue weighted by atomic mass is 35.5. The number of carbonyl (C=O) groups is 1. The number of rotatable bonds is 7. The largest absolute Gasteiger partial charge is 0.481 e. The van der Waals surface area contributed by atoms with Gasteiger partial charge in [0.2, 0.25) is 0 Å². The number of benzene rings is 2. The first-order chi connectivity index (χ1) is 11.7. The molecule has 0 radical (unpaired) electrons. The standard InChI is InChI=1S/C17H17Cl2NO4S/c1-12-7-9-13(10-8-12)25(23,24)20(11-3-6-16(21)22)15-5-2-4-14(18)17(15)19/h2,4-5,7-10H,3,6,11H2,1H3,(H,21,22). The number of aliphatic carboxylic acids is 1. The van der Waals surface area contributed by atoms with Crippen LogP contribution in [0, 0.1) is 6.92 Å². The lowest BCUT2D eigenvalue weighted by molar-refractivity contribution is -0.137. The molecule has 134 valence electrons. The molecule has 0 amide bonds. The number of hydrogen-bond donors (Lipinski definition) is 1. The van der Waals surface area contributed by atoms with Crippen molar-refractivity contribution in [2.24, 2.45) is 0 Å². The van der Waals surface area contributed by atoms with Gasteiger partial charge in [-0.3, -0.25) is 9.10 Å². The molecule has 0 saturated carbocycles. The molecule has 0 saturated heterocycles. The van der Waals surface area contributed by atoms with E-state index in [9.17, 15) is 13.2 Å². The quantitative estimate of drug-likeness (QED) is 0.747. The molecule has 2 aromatic carbocycles. The second kappa shape index (κ2) is 8.08. The predicted molar refractivity (Wildman–Crippen MR) is 99.0 cm³/mol. The Hall–Kier alpha value is -1.76. The second-order valence-electron chi connectivity index (χ2n) is 5.46. The van der Waals surface area contributed by atoms with Crippen LogP contribution in [-0.2, 0) is 14.8 Å². The fourth-order valence-corrected chi connectivity index (χ4v) is 4.23. The van der Waals surface area contributed by atoms with E-state index in [0.29, 0.717) is 0 Å². The number of carboxylic acids is 1. The third kappa shape index (κ3) is 4.66. The molecule has 0 spiro atoms. The summed E-state index contributed by atoms with van der Waals surface area (Å²) in [5.41, 5.74) is 1.15. The highest BCUT2D eigenvalue weighted by Gasteiger charge is 2.27. The van der Waals surface area contributed by atoms with Crippen molar-refractivity contribution in [1.29, 1.82) is 0 Å². The van der Waals surface area contributed by atoms with E-state index in [2.05, 4.69) is 0 Å². The summed E-state index contributed by atoms with van der Waals surface area (Å²) in [4.78, 5) is 10.9. The van der Waals surface area contributed by atoms with Crippen molar-refractivity contribution >= 4 is 44.9 Å². The van der Waals surface area contributed by atoms with Gasteiger partial charge in [-0.05, 0) is 37.6 Å². The maximum Gasteiger partial charge on any atom is 0.303 e. The first-order valence-corrected chi connectivity index (χ1v) is 9.68. The summed E-state index contributed by atoms with van der Waals surface area (Å²) in [5.74, 6) is -0.995. The van der Waals surface area contributed by atoms with Crippen molar-refractivity contribution < 1.29 is 18.3 Å². The van der Waals surface area contributed by atoms with Gasteiger partial charge in [-0.1, -0.05) is 47.0 Å². The van der Waals surface area contributed by atoms with Crippen LogP contribution < -0.4 is 4.31 Å². The van der Waals surface area contributed by atoms with Crippen LogP contribution in [0.1, 0.15) is 18.4 Å². The molecule has 2 aromatic rings. The molecular weight excluding hydrogens is 385 g/mol. The Kier molecular flexibility index (Phi) is 6.32. The molecule has 0 aliphatic rings. The van der Waals surface area contributed by atoms with Gasteiger partial charge in [0.05, 0.1) is 20.6 Å². The van der Waals surface area contributed by atoms with Crippen molar-refractivity contribution in [1.82, 2.24) is 0 Å². The van der Waals surface area contributed by atoms with E-state index in [-0.39, 0.29) is 40.0 Å². The first kappa shape index (κ1) is 19.6. The molecule has 0 atom stereocenters. The molecule has 5 nitrogen and oxygen atoms in total. The summed E-state index contributed by atoms with van der Waals surface area (Å²) < 4.78 is 27.2. The number of hydrogen-bond acceptors (Lipinski definition) is 3. The Labute approximate surface area is 156 Å². The average Bonchev–Trinajstić information content (AvgIpc) is 2.55. The number of aryl methyl sites for hydroxylation is 1. The van der Waals surface area contributed by atoms with E-state index in [4.69, 9.17) is 28.3 Å². The van der Waals surface area contributed by atoms with Crippen LogP contribution in [0.2, 0.25) is 10.0 Å². The topological polar surface area (TPSA) is 74.7 Å². The molecule has 8 heteroatoms. The van der Waals surface area contributed by atoms with E-state index in [0.717, 1.165) is 9.87 Å². The molecular formula is C17H17Cl2NO4S. The van der Waals surface area contributed by atoms with Crippen LogP contribution in [0.3, 0.4) is 0 Å². The molecule has 2 rings (SSSR count). The Balaban J connectivity index is 2.48. The number of sulfonamides is 1. The van der Waals surface area contributed by atoms with Gasteiger partial charge in [-0.2, -0.15) is 0 Å². The van der Waals surface area contributed by atoms with Gasteiger partial charge in [0.1, 0.15) is 0 Å². The van der Waals surface area contributed by atoms with E-state index in [1.807, 2.05) is 6.92 Å². The fourth-order valence-electron chi connectivity index (χ4n) is 2.27. The van der Waals surface area contributed by atoms with Crippen LogP contribution in [0.15, 0.2) is 47.4 Å². The smallest absolute Gasteiger partial charge is 0.303 e. The van der Waals surface area contributed by atoms with Crippen molar-refractivity contribution in [3.8, 4) is 0 Å². The zero-order chi connectivity index (χ0) is 18.6. The van der Waals surface area contributed by atoms with Crippen molar-refractivity contribution in [3.63, 3.8) is 0 Å². The highest BCUT2D eigenvalue weighted by molar-refractivity contribution is 7.92. The molecule has 0 aliphatic carbocycles. The summed E-state index contributed by atoms with van der Waals surface area (Å²) in [6.45, 7) is 1.83. The molecule has 0 bridgehead atoms. The summed E-state index contributed by atoms with van der Waals surface area (Å²) >= 11 is 12.2. The SMILES string of the molecule is Cc1ccc(S(=O)(=O)N(CCCC(=O)O)c2cccc(Cl)c2Cl)cc1. The third-order valence-corrected chi connectivity index (χ3v) is 6.20. The zero-order valence-electron chi connectivity index (χ0n) is 13.4. The van der Waals surface area contributed by atoms with E-state index in [1.54, 1.807) is 30.3 Å². The molecule has 0 heterocycles. The molecule has 25 heavy (non-hydrogen) atoms. The minimum atomic E-state index is -3.91. The van der Waals surface area contributed by atoms with Crippen LogP contribution in [0.5, 0.6) is 0 Å². The van der Waals surface area contributed by atoms with Crippen molar-refractivity contribution in [3.05, 3.63) is 58.1 Å². The van der Waals surface area contributed by atoms with Crippen LogP contribution in [0.4, 0.5) is 5.69 Å². The minimum Gasteiger partial charge on any atom is -0.481 e. The van der Waals surface area contributed by atoms with Gasteiger partial charge < -0.3 is 5.11 Å². The Morgan fingerprint density at radius 1 is 1.12 bits per heavy atom. The predicted octanol–water partition coefficient (Wildman–Crippen LogP) is 4.36. The number of carboxylic acid groups (broad SMARTS) is 1. The fraction of sp³-hybridized carbons (Fsp3) is 0.235. The monoisotopic (exact) mass is 401 g/mol. The number of nitrogens with zero attached hydrogens (tertiary/aromatic N) is 1. The van der Waals surface area contributed by atoms with Crippen LogP contribution >= 0.6 is 23.2 Å². The molecule has 0 aliphatic heterocycles. The third-order valence-electron chi connectivity index (χ3n) is 3.56. The van der Waals surface area contributed by atoms with Crippen LogP contribution in [0.25, 0.3) is 0 Å². The average molecular weight is 402 g/mol. The maximum absolute atomic E-state index is 13.1. The van der Waals surface area contributed by atoms with Crippen LogP contribution in [-0.4, -0.2) is 26.0 Å². The lowest BCUT2D eigenvalue weighted by Crippen LogP contribution is -2.32. The lowest BCUT2D eigenvalue weighted by Gasteiger charge is -2.25. The van der Waals surface area contributed by atoms with Gasteiger partial charge in [0.25, 0.3) is 10.0 Å². The van der Waals surface area contributed by atoms with Gasteiger partial charge in [-0.25, -0.2) is 8.42 Å². The maximum atomic E-state index is 13.1. The van der Waals surface area contributed by atoms with Gasteiger partial charge in [0, 0.05) is 13.0 Å². The zero-order valence-corrected chi connectivity index (χ0v) is 15.8. The van der Waals surface area contributed by atoms with E-state index in [1.165, 1.54) is 12.1 Å². The summed E-state index contributed by atoms with van der Waals surface area (Å²) in [7, 11) is -3.91. The molecule has 0 aromatic heterocycles. The molecule has 0 unspecified atom stereocenters. The summed E-state index contributed by atoms with van der Waals surface area (Å²) in [5, 5.41) is 9.16. The van der Waals surface area contributed by atoms with E-state index >= 15 is 0 Å². The molecule has 1 N–H and O–H groups in total. The number of anilines is 1. The Bertz CT molecular complexity index is 867. The highest BCUT2D eigenvalue weighted by Crippen LogP contribution is 2.35. The van der Waals surface area contributed by atoms with Gasteiger partial charge >= 0.3 is 5.97 Å². The first-order valence-electron chi connectivity index (χ1n) is 7.48. The summed E-state index contributed by atoms with van der Waals surface area (Å²) in [6, 6.07) is 11.1. The van der Waals surface area contributed by atoms with E-state index < -0.39 is 16.0 Å². The minimum absolute atomic E-state index is 0.0252. The van der Waals surface area contributed by atoms with Gasteiger partial charge in [-0.15, -0.1) is 0 Å². The van der Waals surface area contributed by atoms with Crippen molar-refractivity contribution in [2.75, 3.05) is 10.8 Å². The molecule has 0 fully saturated rings. The normalized spacial score (nSPS) is 11.3.